The SMILES string of the molecule is O=C(N[C@@H](NCc1ccccc1)C(Cl)(Cl)Cl)[C@@H](C1=CCCC=C1)c1ccccc1. The molecule has 1 aliphatic carbocycles. The average Bonchev–Trinajstić information content (AvgIpc) is 2.73. The van der Waals surface area contributed by atoms with Crippen LogP contribution in [0.2, 0.25) is 0 Å². The minimum atomic E-state index is -1.71. The molecule has 0 bridgehead atoms. The Bertz CT molecular complexity index is 861. The zero-order chi connectivity index (χ0) is 20.7. The first-order valence-electron chi connectivity index (χ1n) is 9.51. The highest BCUT2D eigenvalue weighted by Crippen LogP contribution is 2.32. The molecule has 0 unspecified atom stereocenters. The van der Waals surface area contributed by atoms with Gasteiger partial charge in [-0.2, -0.15) is 0 Å². The molecule has 0 heterocycles. The summed E-state index contributed by atoms with van der Waals surface area (Å²) in [4.78, 5) is 13.3. The van der Waals surface area contributed by atoms with Gasteiger partial charge in [0, 0.05) is 6.54 Å². The van der Waals surface area contributed by atoms with E-state index in [0.29, 0.717) is 6.54 Å². The van der Waals surface area contributed by atoms with Crippen molar-refractivity contribution in [2.24, 2.45) is 0 Å². The third-order valence-corrected chi connectivity index (χ3v) is 5.37. The Labute approximate surface area is 186 Å². The van der Waals surface area contributed by atoms with E-state index in [1.54, 1.807) is 0 Å². The summed E-state index contributed by atoms with van der Waals surface area (Å²) in [6, 6.07) is 19.4. The van der Waals surface area contributed by atoms with Crippen LogP contribution in [0.15, 0.2) is 84.5 Å². The number of nitrogens with one attached hydrogen (secondary N) is 2. The number of carbonyl (C=O) groups excluding carboxylic acids is 1. The molecule has 152 valence electrons. The quantitative estimate of drug-likeness (QED) is 0.424. The number of rotatable bonds is 7. The summed E-state index contributed by atoms with van der Waals surface area (Å²) in [5, 5.41) is 6.05. The fourth-order valence-electron chi connectivity index (χ4n) is 3.28. The normalized spacial score (nSPS) is 16.0. The second kappa shape index (κ2) is 10.3. The van der Waals surface area contributed by atoms with Crippen molar-refractivity contribution in [1.82, 2.24) is 10.6 Å². The molecule has 1 amide bonds. The summed E-state index contributed by atoms with van der Waals surface area (Å²) in [5.41, 5.74) is 2.87. The minimum absolute atomic E-state index is 0.217. The summed E-state index contributed by atoms with van der Waals surface area (Å²) in [6.07, 6.45) is 7.21. The number of allylic oxidation sites excluding steroid dienone is 3. The van der Waals surface area contributed by atoms with E-state index in [2.05, 4.69) is 22.8 Å². The van der Waals surface area contributed by atoms with Crippen molar-refractivity contribution in [1.29, 1.82) is 0 Å². The Morgan fingerprint density at radius 3 is 2.21 bits per heavy atom. The molecule has 3 nitrogen and oxygen atoms in total. The van der Waals surface area contributed by atoms with Gasteiger partial charge in [-0.15, -0.1) is 0 Å². The predicted molar refractivity (Wildman–Crippen MR) is 121 cm³/mol. The number of carbonyl (C=O) groups is 1. The number of amides is 1. The van der Waals surface area contributed by atoms with Gasteiger partial charge >= 0.3 is 0 Å². The predicted octanol–water partition coefficient (Wildman–Crippen LogP) is 5.65. The molecule has 2 aromatic carbocycles. The van der Waals surface area contributed by atoms with E-state index in [4.69, 9.17) is 34.8 Å². The van der Waals surface area contributed by atoms with Crippen molar-refractivity contribution in [3.05, 3.63) is 95.6 Å². The highest BCUT2D eigenvalue weighted by molar-refractivity contribution is 6.68. The van der Waals surface area contributed by atoms with Crippen LogP contribution in [0.5, 0.6) is 0 Å². The Morgan fingerprint density at radius 2 is 1.62 bits per heavy atom. The third kappa shape index (κ3) is 6.35. The van der Waals surface area contributed by atoms with Gasteiger partial charge in [0.05, 0.1) is 5.92 Å². The Balaban J connectivity index is 1.79. The molecular formula is C23H23Cl3N2O. The molecule has 0 fully saturated rings. The van der Waals surface area contributed by atoms with Gasteiger partial charge in [-0.25, -0.2) is 0 Å². The second-order valence-corrected chi connectivity index (χ2v) is 9.25. The maximum absolute atomic E-state index is 13.3. The zero-order valence-corrected chi connectivity index (χ0v) is 18.1. The van der Waals surface area contributed by atoms with Gasteiger partial charge in [0.15, 0.2) is 0 Å². The second-order valence-electron chi connectivity index (χ2n) is 6.88. The Kier molecular flexibility index (Phi) is 7.79. The Hall–Kier alpha value is -1.78. The van der Waals surface area contributed by atoms with Crippen LogP contribution in [0.1, 0.15) is 29.9 Å². The topological polar surface area (TPSA) is 41.1 Å². The fraction of sp³-hybridized carbons (Fsp3) is 0.261. The number of benzene rings is 2. The average molecular weight is 450 g/mol. The summed E-state index contributed by atoms with van der Waals surface area (Å²) < 4.78 is -1.71. The molecule has 2 aromatic rings. The summed E-state index contributed by atoms with van der Waals surface area (Å²) in [6.45, 7) is 0.457. The molecule has 0 spiro atoms. The molecule has 3 rings (SSSR count). The van der Waals surface area contributed by atoms with Gasteiger partial charge in [0.1, 0.15) is 6.17 Å². The van der Waals surface area contributed by atoms with Crippen LogP contribution in [0.25, 0.3) is 0 Å². The van der Waals surface area contributed by atoms with Gasteiger partial charge in [-0.05, 0) is 29.5 Å². The number of alkyl halides is 3. The lowest BCUT2D eigenvalue weighted by atomic mass is 9.87. The fourth-order valence-corrected chi connectivity index (χ4v) is 3.67. The van der Waals surface area contributed by atoms with Crippen molar-refractivity contribution in [2.75, 3.05) is 0 Å². The molecular weight excluding hydrogens is 427 g/mol. The van der Waals surface area contributed by atoms with Gasteiger partial charge in [-0.3, -0.25) is 10.1 Å². The van der Waals surface area contributed by atoms with E-state index >= 15 is 0 Å². The van der Waals surface area contributed by atoms with E-state index < -0.39 is 15.9 Å². The van der Waals surface area contributed by atoms with Crippen molar-refractivity contribution in [3.63, 3.8) is 0 Å². The zero-order valence-electron chi connectivity index (χ0n) is 15.8. The van der Waals surface area contributed by atoms with E-state index in [0.717, 1.165) is 29.5 Å². The lowest BCUT2D eigenvalue weighted by molar-refractivity contribution is -0.122. The summed E-state index contributed by atoms with van der Waals surface area (Å²) in [7, 11) is 0. The van der Waals surface area contributed by atoms with Crippen LogP contribution in [0.4, 0.5) is 0 Å². The molecule has 2 N–H and O–H groups in total. The van der Waals surface area contributed by atoms with Crippen LogP contribution in [-0.2, 0) is 11.3 Å². The number of hydrogen-bond donors (Lipinski definition) is 2. The lowest BCUT2D eigenvalue weighted by Gasteiger charge is -2.29. The smallest absolute Gasteiger partial charge is 0.233 e. The van der Waals surface area contributed by atoms with Crippen LogP contribution in [0, 0.1) is 0 Å². The maximum atomic E-state index is 13.3. The van der Waals surface area contributed by atoms with Gasteiger partial charge < -0.3 is 5.32 Å². The van der Waals surface area contributed by atoms with E-state index in [9.17, 15) is 4.79 Å². The monoisotopic (exact) mass is 448 g/mol. The highest BCUT2D eigenvalue weighted by atomic mass is 35.6. The summed E-state index contributed by atoms with van der Waals surface area (Å²) in [5.74, 6) is -0.688. The molecule has 29 heavy (non-hydrogen) atoms. The Morgan fingerprint density at radius 1 is 0.966 bits per heavy atom. The molecule has 0 saturated heterocycles. The minimum Gasteiger partial charge on any atom is -0.336 e. The molecule has 0 aliphatic heterocycles. The van der Waals surface area contributed by atoms with Crippen molar-refractivity contribution in [3.8, 4) is 0 Å². The van der Waals surface area contributed by atoms with Gasteiger partial charge in [-0.1, -0.05) is 114 Å². The first-order valence-corrected chi connectivity index (χ1v) is 10.6. The summed E-state index contributed by atoms with van der Waals surface area (Å²) >= 11 is 18.5. The third-order valence-electron chi connectivity index (χ3n) is 4.72. The van der Waals surface area contributed by atoms with Gasteiger partial charge in [0.25, 0.3) is 0 Å². The standard InChI is InChI=1S/C23H23Cl3N2O/c24-23(25,26)22(27-16-17-10-4-1-5-11-17)28-21(29)20(18-12-6-2-7-13-18)19-14-8-3-9-15-19/h1-2,4-8,10-15,20,22,27H,3,9,16H2,(H,28,29)/t20-,22-/m1/s1. The van der Waals surface area contributed by atoms with Crippen molar-refractivity contribution < 1.29 is 4.79 Å². The first kappa shape index (κ1) is 21.9. The highest BCUT2D eigenvalue weighted by Gasteiger charge is 2.36. The van der Waals surface area contributed by atoms with Crippen molar-refractivity contribution >= 4 is 40.7 Å². The maximum Gasteiger partial charge on any atom is 0.233 e. The van der Waals surface area contributed by atoms with E-state index in [1.807, 2.05) is 66.7 Å². The van der Waals surface area contributed by atoms with Crippen LogP contribution in [0.3, 0.4) is 0 Å². The van der Waals surface area contributed by atoms with E-state index in [1.165, 1.54) is 0 Å². The van der Waals surface area contributed by atoms with Crippen LogP contribution < -0.4 is 10.6 Å². The lowest BCUT2D eigenvalue weighted by Crippen LogP contribution is -2.54. The van der Waals surface area contributed by atoms with Crippen LogP contribution >= 0.6 is 34.8 Å². The van der Waals surface area contributed by atoms with Crippen LogP contribution in [-0.4, -0.2) is 15.9 Å². The molecule has 6 heteroatoms. The number of halogens is 3. The van der Waals surface area contributed by atoms with Crippen molar-refractivity contribution in [2.45, 2.75) is 35.3 Å². The first-order chi connectivity index (χ1) is 13.9. The largest absolute Gasteiger partial charge is 0.336 e. The molecule has 1 aliphatic rings. The van der Waals surface area contributed by atoms with Gasteiger partial charge in [0.2, 0.25) is 9.70 Å². The van der Waals surface area contributed by atoms with E-state index in [-0.39, 0.29) is 5.91 Å². The number of hydrogen-bond acceptors (Lipinski definition) is 2. The molecule has 0 saturated carbocycles. The molecule has 2 atom stereocenters. The molecule has 0 radical (unpaired) electrons. The molecule has 0 aromatic heterocycles.